The van der Waals surface area contributed by atoms with E-state index in [0.717, 1.165) is 32.1 Å². The molecule has 0 unspecified atom stereocenters. The molecule has 1 aliphatic carbocycles. The predicted octanol–water partition coefficient (Wildman–Crippen LogP) is 3.00. The van der Waals surface area contributed by atoms with Crippen molar-refractivity contribution in [1.82, 2.24) is 10.6 Å². The maximum absolute atomic E-state index is 12.4. The van der Waals surface area contributed by atoms with E-state index >= 15 is 0 Å². The minimum Gasteiger partial charge on any atom is -0.385 e. The minimum absolute atomic E-state index is 0.126. The molecule has 1 aromatic rings. The van der Waals surface area contributed by atoms with Gasteiger partial charge in [0.2, 0.25) is 0 Å². The third-order valence-corrected chi connectivity index (χ3v) is 7.22. The van der Waals surface area contributed by atoms with Gasteiger partial charge in [0.05, 0.1) is 10.6 Å². The highest BCUT2D eigenvalue weighted by atomic mass is 32.2. The number of sulfone groups is 1. The first-order valence-electron chi connectivity index (χ1n) is 10.3. The van der Waals surface area contributed by atoms with Crippen molar-refractivity contribution in [2.75, 3.05) is 39.1 Å². The van der Waals surface area contributed by atoms with Gasteiger partial charge in [-0.3, -0.25) is 4.99 Å². The quantitative estimate of drug-likeness (QED) is 0.334. The van der Waals surface area contributed by atoms with E-state index in [1.165, 1.54) is 25.7 Å². The van der Waals surface area contributed by atoms with E-state index in [0.29, 0.717) is 17.9 Å². The number of benzene rings is 1. The second-order valence-corrected chi connectivity index (χ2v) is 9.67. The molecular weight excluding hydrogens is 374 g/mol. The van der Waals surface area contributed by atoms with Crippen LogP contribution in [0.4, 0.5) is 0 Å². The summed E-state index contributed by atoms with van der Waals surface area (Å²) in [7, 11) is -1.48. The first kappa shape index (κ1) is 22.7. The molecule has 0 radical (unpaired) electrons. The van der Waals surface area contributed by atoms with Crippen LogP contribution >= 0.6 is 0 Å². The Labute approximate surface area is 170 Å². The van der Waals surface area contributed by atoms with Gasteiger partial charge < -0.3 is 15.4 Å². The van der Waals surface area contributed by atoms with Gasteiger partial charge >= 0.3 is 0 Å². The van der Waals surface area contributed by atoms with Gasteiger partial charge in [0, 0.05) is 33.4 Å². The normalized spacial score (nSPS) is 16.9. The van der Waals surface area contributed by atoms with Gasteiger partial charge in [-0.15, -0.1) is 0 Å². The summed E-state index contributed by atoms with van der Waals surface area (Å²) < 4.78 is 30.0. The van der Waals surface area contributed by atoms with Crippen LogP contribution in [-0.4, -0.2) is 53.5 Å². The van der Waals surface area contributed by atoms with Gasteiger partial charge in [0.1, 0.15) is 0 Å². The van der Waals surface area contributed by atoms with Crippen molar-refractivity contribution in [3.05, 3.63) is 30.3 Å². The summed E-state index contributed by atoms with van der Waals surface area (Å²) in [4.78, 5) is 5.19. The van der Waals surface area contributed by atoms with E-state index in [-0.39, 0.29) is 11.2 Å². The average molecular weight is 410 g/mol. The molecule has 2 N–H and O–H groups in total. The van der Waals surface area contributed by atoms with Crippen LogP contribution in [0.3, 0.4) is 0 Å². The maximum Gasteiger partial charge on any atom is 0.191 e. The number of hydrogen-bond donors (Lipinski definition) is 2. The van der Waals surface area contributed by atoms with E-state index in [4.69, 9.17) is 9.73 Å². The van der Waals surface area contributed by atoms with Crippen molar-refractivity contribution >= 4 is 15.8 Å². The first-order chi connectivity index (χ1) is 13.5. The number of hydrogen-bond acceptors (Lipinski definition) is 4. The van der Waals surface area contributed by atoms with Crippen molar-refractivity contribution in [1.29, 1.82) is 0 Å². The molecule has 0 saturated heterocycles. The fourth-order valence-electron chi connectivity index (χ4n) is 3.73. The Balaban J connectivity index is 1.85. The summed E-state index contributed by atoms with van der Waals surface area (Å²) >= 11 is 0. The fourth-order valence-corrected chi connectivity index (χ4v) is 5.07. The monoisotopic (exact) mass is 409 g/mol. The Morgan fingerprint density at radius 1 is 1.18 bits per heavy atom. The molecule has 0 aliphatic heterocycles. The number of guanidine groups is 1. The molecule has 28 heavy (non-hydrogen) atoms. The van der Waals surface area contributed by atoms with Crippen molar-refractivity contribution < 1.29 is 13.2 Å². The second kappa shape index (κ2) is 11.4. The zero-order valence-electron chi connectivity index (χ0n) is 17.2. The molecule has 0 atom stereocenters. The number of methoxy groups -OCH3 is 1. The minimum atomic E-state index is -3.23. The van der Waals surface area contributed by atoms with E-state index in [9.17, 15) is 8.42 Å². The van der Waals surface area contributed by atoms with Crippen LogP contribution in [0.5, 0.6) is 0 Å². The van der Waals surface area contributed by atoms with Gasteiger partial charge in [-0.1, -0.05) is 31.0 Å². The van der Waals surface area contributed by atoms with Crippen molar-refractivity contribution in [2.24, 2.45) is 10.4 Å². The molecule has 0 spiro atoms. The third-order valence-electron chi connectivity index (χ3n) is 5.40. The summed E-state index contributed by atoms with van der Waals surface area (Å²) in [6, 6.07) is 8.63. The highest BCUT2D eigenvalue weighted by Gasteiger charge is 2.33. The topological polar surface area (TPSA) is 79.8 Å². The number of ether oxygens (including phenoxy) is 1. The van der Waals surface area contributed by atoms with Crippen molar-refractivity contribution in [2.45, 2.75) is 50.3 Å². The van der Waals surface area contributed by atoms with Gasteiger partial charge in [-0.25, -0.2) is 8.42 Å². The lowest BCUT2D eigenvalue weighted by molar-refractivity contribution is 0.141. The summed E-state index contributed by atoms with van der Waals surface area (Å²) in [6.07, 6.45) is 6.52. The lowest BCUT2D eigenvalue weighted by Gasteiger charge is -2.27. The van der Waals surface area contributed by atoms with Crippen LogP contribution in [0.1, 0.15) is 45.4 Å². The SMILES string of the molecule is CCNC(=NCC1(CCOC)CCCC1)NCCCS(=O)(=O)c1ccccc1. The molecule has 1 saturated carbocycles. The van der Waals surface area contributed by atoms with Crippen LogP contribution in [0.2, 0.25) is 0 Å². The second-order valence-electron chi connectivity index (χ2n) is 7.56. The van der Waals surface area contributed by atoms with Gasteiger partial charge in [-0.05, 0) is 50.2 Å². The summed E-state index contributed by atoms with van der Waals surface area (Å²) in [5.74, 6) is 0.893. The molecular formula is C21H35N3O3S. The Hall–Kier alpha value is -1.60. The summed E-state index contributed by atoms with van der Waals surface area (Å²) in [5, 5.41) is 6.55. The molecule has 1 aromatic carbocycles. The average Bonchev–Trinajstić information content (AvgIpc) is 3.17. The molecule has 0 amide bonds. The smallest absolute Gasteiger partial charge is 0.191 e. The maximum atomic E-state index is 12.4. The van der Waals surface area contributed by atoms with Crippen LogP contribution in [0.25, 0.3) is 0 Å². The molecule has 0 heterocycles. The lowest BCUT2D eigenvalue weighted by Crippen LogP contribution is -2.39. The van der Waals surface area contributed by atoms with E-state index < -0.39 is 9.84 Å². The summed E-state index contributed by atoms with van der Waals surface area (Å²) in [6.45, 7) is 4.94. The van der Waals surface area contributed by atoms with Gasteiger partial charge in [0.15, 0.2) is 15.8 Å². The zero-order chi connectivity index (χ0) is 20.3. The Bertz CT molecular complexity index is 699. The highest BCUT2D eigenvalue weighted by Crippen LogP contribution is 2.41. The number of rotatable bonds is 11. The van der Waals surface area contributed by atoms with Crippen molar-refractivity contribution in [3.8, 4) is 0 Å². The molecule has 2 rings (SSSR count). The van der Waals surface area contributed by atoms with Gasteiger partial charge in [-0.2, -0.15) is 0 Å². The van der Waals surface area contributed by atoms with Crippen LogP contribution in [0.15, 0.2) is 40.2 Å². The number of aliphatic imine (C=N–C) groups is 1. The molecule has 0 aromatic heterocycles. The third kappa shape index (κ3) is 7.09. The molecule has 7 heteroatoms. The first-order valence-corrected chi connectivity index (χ1v) is 12.0. The lowest BCUT2D eigenvalue weighted by atomic mass is 9.83. The molecule has 6 nitrogen and oxygen atoms in total. The number of nitrogens with one attached hydrogen (secondary N) is 2. The largest absolute Gasteiger partial charge is 0.385 e. The van der Waals surface area contributed by atoms with E-state index in [1.54, 1.807) is 31.4 Å². The molecule has 158 valence electrons. The number of nitrogens with zero attached hydrogens (tertiary/aromatic N) is 1. The van der Waals surface area contributed by atoms with Crippen LogP contribution in [-0.2, 0) is 14.6 Å². The molecule has 1 aliphatic rings. The Morgan fingerprint density at radius 3 is 2.54 bits per heavy atom. The fraction of sp³-hybridized carbons (Fsp3) is 0.667. The standard InChI is InChI=1S/C21H35N3O3S/c1-3-22-20(24-18-21(14-16-27-2)12-7-8-13-21)23-15-9-17-28(25,26)19-10-5-4-6-11-19/h4-6,10-11H,3,7-9,12-18H2,1-2H3,(H2,22,23,24). The van der Waals surface area contributed by atoms with Crippen LogP contribution in [0, 0.1) is 5.41 Å². The Kier molecular flexibility index (Phi) is 9.25. The van der Waals surface area contributed by atoms with Crippen LogP contribution < -0.4 is 10.6 Å². The van der Waals surface area contributed by atoms with E-state index in [1.807, 2.05) is 13.0 Å². The molecule has 0 bridgehead atoms. The highest BCUT2D eigenvalue weighted by molar-refractivity contribution is 7.91. The van der Waals surface area contributed by atoms with E-state index in [2.05, 4.69) is 10.6 Å². The van der Waals surface area contributed by atoms with Crippen molar-refractivity contribution in [3.63, 3.8) is 0 Å². The van der Waals surface area contributed by atoms with Gasteiger partial charge in [0.25, 0.3) is 0 Å². The summed E-state index contributed by atoms with van der Waals surface area (Å²) in [5.41, 5.74) is 0.245. The predicted molar refractivity (Wildman–Crippen MR) is 114 cm³/mol. The molecule has 1 fully saturated rings. The zero-order valence-corrected chi connectivity index (χ0v) is 18.1. The Morgan fingerprint density at radius 2 is 1.89 bits per heavy atom.